The number of Topliss-reactive ketones (excluding diaryl/α,β-unsaturated/α-hetero) is 1. The molecule has 4 aliphatic carbocycles. The third-order valence-corrected chi connectivity index (χ3v) is 12.1. The van der Waals surface area contributed by atoms with Crippen molar-refractivity contribution in [3.63, 3.8) is 0 Å². The number of epoxide rings is 1. The lowest BCUT2D eigenvalue weighted by Gasteiger charge is -2.70. The molecule has 11 atom stereocenters. The molecular weight excluding hydrogens is 488 g/mol. The summed E-state index contributed by atoms with van der Waals surface area (Å²) in [6.45, 7) is 13.4. The van der Waals surface area contributed by atoms with E-state index in [1.807, 2.05) is 6.07 Å². The van der Waals surface area contributed by atoms with Gasteiger partial charge in [-0.3, -0.25) is 14.4 Å². The van der Waals surface area contributed by atoms with Crippen LogP contribution >= 0.6 is 0 Å². The Balaban J connectivity index is 1.50. The molecule has 1 aromatic rings. The number of esters is 2. The molecule has 0 bridgehead atoms. The fourth-order valence-corrected chi connectivity index (χ4v) is 10.6. The Morgan fingerprint density at radius 3 is 2.26 bits per heavy atom. The molecule has 1 aliphatic heterocycles. The van der Waals surface area contributed by atoms with Crippen LogP contribution in [0, 0.1) is 33.5 Å². The summed E-state index contributed by atoms with van der Waals surface area (Å²) in [5.74, 6) is -1.22. The number of hydrogen-bond acceptors (Lipinski definition) is 8. The lowest BCUT2D eigenvalue weighted by molar-refractivity contribution is -0.287. The average molecular weight is 529 g/mol. The molecule has 4 saturated carbocycles. The second kappa shape index (κ2) is 7.72. The minimum atomic E-state index is -0.813. The lowest BCUT2D eigenvalue weighted by atomic mass is 9.35. The second-order valence-corrected chi connectivity index (χ2v) is 13.8. The van der Waals surface area contributed by atoms with Gasteiger partial charge in [0.2, 0.25) is 0 Å². The quantitative estimate of drug-likeness (QED) is 0.459. The number of aliphatic hydroxyl groups excluding tert-OH is 1. The molecule has 8 heteroatoms. The molecule has 5 aliphatic rings. The maximum absolute atomic E-state index is 13.9. The number of aliphatic hydroxyl groups is 1. The van der Waals surface area contributed by atoms with E-state index in [1.165, 1.54) is 13.8 Å². The van der Waals surface area contributed by atoms with Crippen molar-refractivity contribution in [3.05, 3.63) is 24.2 Å². The van der Waals surface area contributed by atoms with Crippen molar-refractivity contribution in [3.8, 4) is 0 Å². The molecule has 1 N–H and O–H groups in total. The third-order valence-electron chi connectivity index (χ3n) is 12.1. The van der Waals surface area contributed by atoms with Crippen LogP contribution in [0.25, 0.3) is 0 Å². The van der Waals surface area contributed by atoms with Gasteiger partial charge in [-0.1, -0.05) is 34.6 Å². The number of hydrogen-bond donors (Lipinski definition) is 1. The van der Waals surface area contributed by atoms with Crippen LogP contribution in [-0.2, 0) is 28.6 Å². The minimum absolute atomic E-state index is 0.0593. The van der Waals surface area contributed by atoms with Crippen LogP contribution in [0.3, 0.4) is 0 Å². The molecule has 2 heterocycles. The van der Waals surface area contributed by atoms with Crippen LogP contribution in [0.15, 0.2) is 23.0 Å². The van der Waals surface area contributed by atoms with Crippen LogP contribution < -0.4 is 0 Å². The van der Waals surface area contributed by atoms with Gasteiger partial charge in [0.15, 0.2) is 5.78 Å². The number of rotatable bonds is 3. The predicted molar refractivity (Wildman–Crippen MR) is 135 cm³/mol. The minimum Gasteiger partial charge on any atom is -0.472 e. The second-order valence-electron chi connectivity index (χ2n) is 13.8. The van der Waals surface area contributed by atoms with Gasteiger partial charge in [-0.15, -0.1) is 0 Å². The van der Waals surface area contributed by atoms with Crippen molar-refractivity contribution in [2.24, 2.45) is 33.5 Å². The van der Waals surface area contributed by atoms with Crippen LogP contribution in [0.2, 0.25) is 0 Å². The summed E-state index contributed by atoms with van der Waals surface area (Å²) in [5.41, 5.74) is -2.20. The summed E-state index contributed by atoms with van der Waals surface area (Å²) >= 11 is 0. The van der Waals surface area contributed by atoms with Crippen molar-refractivity contribution in [2.75, 3.05) is 0 Å². The smallest absolute Gasteiger partial charge is 0.302 e. The molecule has 0 radical (unpaired) electrons. The van der Waals surface area contributed by atoms with Gasteiger partial charge in [0.1, 0.15) is 23.9 Å². The number of furan rings is 1. The number of ether oxygens (including phenoxy) is 3. The molecule has 6 rings (SSSR count). The van der Waals surface area contributed by atoms with Crippen LogP contribution in [0.4, 0.5) is 0 Å². The monoisotopic (exact) mass is 528 g/mol. The average Bonchev–Trinajstić information content (AvgIpc) is 3.30. The highest BCUT2D eigenvalue weighted by Crippen LogP contribution is 2.82. The molecule has 0 unspecified atom stereocenters. The van der Waals surface area contributed by atoms with E-state index in [-0.39, 0.29) is 35.5 Å². The first-order valence-corrected chi connectivity index (χ1v) is 13.9. The first kappa shape index (κ1) is 26.1. The normalized spacial score (nSPS) is 50.2. The van der Waals surface area contributed by atoms with Gasteiger partial charge in [0, 0.05) is 47.5 Å². The first-order chi connectivity index (χ1) is 17.7. The Labute approximate surface area is 223 Å². The third kappa shape index (κ3) is 2.81. The van der Waals surface area contributed by atoms with Gasteiger partial charge in [0.25, 0.3) is 0 Å². The van der Waals surface area contributed by atoms with Gasteiger partial charge < -0.3 is 23.7 Å². The highest BCUT2D eigenvalue weighted by molar-refractivity contribution is 5.98. The Morgan fingerprint density at radius 2 is 1.66 bits per heavy atom. The SMILES string of the molecule is CC(=O)O[C@H]1C[C@H]2C(C)(C)[C@H](OC(C)=O)C[C@H](O)[C@]2(C)[C@@H]2CC[C@@]3(C)[C@@H](c4ccoc4)C(=O)[C@@H]4O[C@@]43[C@]12C. The maximum Gasteiger partial charge on any atom is 0.302 e. The highest BCUT2D eigenvalue weighted by Gasteiger charge is 2.90. The molecule has 1 saturated heterocycles. The van der Waals surface area contributed by atoms with E-state index in [2.05, 4.69) is 34.6 Å². The summed E-state index contributed by atoms with van der Waals surface area (Å²) < 4.78 is 23.8. The fraction of sp³-hybridized carbons (Fsp3) is 0.767. The molecule has 8 nitrogen and oxygen atoms in total. The summed E-state index contributed by atoms with van der Waals surface area (Å²) in [6, 6.07) is 1.87. The summed E-state index contributed by atoms with van der Waals surface area (Å²) in [7, 11) is 0. The summed E-state index contributed by atoms with van der Waals surface area (Å²) in [5, 5.41) is 11.8. The van der Waals surface area contributed by atoms with Gasteiger partial charge in [0.05, 0.1) is 24.5 Å². The fourth-order valence-electron chi connectivity index (χ4n) is 10.6. The Morgan fingerprint density at radius 1 is 1.00 bits per heavy atom. The summed E-state index contributed by atoms with van der Waals surface area (Å²) in [6.07, 6.45) is 3.29. The number of carbonyl (C=O) groups is 3. The zero-order valence-electron chi connectivity index (χ0n) is 23.4. The highest BCUT2D eigenvalue weighted by atomic mass is 16.6. The van der Waals surface area contributed by atoms with Crippen molar-refractivity contribution in [2.45, 2.75) is 110 Å². The Bertz CT molecular complexity index is 1190. The molecule has 38 heavy (non-hydrogen) atoms. The molecule has 1 spiro atoms. The van der Waals surface area contributed by atoms with Gasteiger partial charge >= 0.3 is 11.9 Å². The number of ketones is 1. The van der Waals surface area contributed by atoms with E-state index in [1.54, 1.807) is 12.5 Å². The van der Waals surface area contributed by atoms with Crippen LogP contribution in [-0.4, -0.2) is 52.8 Å². The van der Waals surface area contributed by atoms with E-state index < -0.39 is 51.7 Å². The van der Waals surface area contributed by atoms with Gasteiger partial charge in [-0.2, -0.15) is 0 Å². The largest absolute Gasteiger partial charge is 0.472 e. The molecule has 1 aromatic heterocycles. The van der Waals surface area contributed by atoms with E-state index in [4.69, 9.17) is 18.6 Å². The van der Waals surface area contributed by atoms with E-state index in [0.717, 1.165) is 18.4 Å². The molecule has 208 valence electrons. The standard InChI is InChI=1S/C30H40O8/c1-15(31)36-21-13-20(33)28(6)18-8-10-27(5)23(17-9-11-35-14-17)24(34)25-30(27,38-25)29(18,7)22(37-16(2)32)12-19(28)26(21,3)4/h9,11,14,18-23,25,33H,8,10,12-13H2,1-7H3/t18-,19-,20-,21+,22-,23-,25-,27-,28+,29-,30-/m0/s1. The van der Waals surface area contributed by atoms with Gasteiger partial charge in [-0.25, -0.2) is 0 Å². The van der Waals surface area contributed by atoms with Crippen molar-refractivity contribution < 1.29 is 38.1 Å². The van der Waals surface area contributed by atoms with Gasteiger partial charge in [-0.05, 0) is 37.2 Å². The lowest BCUT2D eigenvalue weighted by Crippen LogP contribution is -2.73. The molecular formula is C30H40O8. The van der Waals surface area contributed by atoms with E-state index in [9.17, 15) is 19.5 Å². The first-order valence-electron chi connectivity index (χ1n) is 13.9. The van der Waals surface area contributed by atoms with E-state index in [0.29, 0.717) is 12.8 Å². The Hall–Kier alpha value is -2.19. The molecule has 0 amide bonds. The predicted octanol–water partition coefficient (Wildman–Crippen LogP) is 4.19. The number of fused-ring (bicyclic) bond motifs is 3. The van der Waals surface area contributed by atoms with Crippen LogP contribution in [0.5, 0.6) is 0 Å². The zero-order chi connectivity index (χ0) is 27.6. The van der Waals surface area contributed by atoms with Crippen LogP contribution in [0.1, 0.15) is 85.6 Å². The molecule has 0 aromatic carbocycles. The number of carbonyl (C=O) groups excluding carboxylic acids is 3. The summed E-state index contributed by atoms with van der Waals surface area (Å²) in [4.78, 5) is 38.4. The topological polar surface area (TPSA) is 116 Å². The Kier molecular flexibility index (Phi) is 5.29. The molecule has 5 fully saturated rings. The van der Waals surface area contributed by atoms with E-state index >= 15 is 0 Å². The van der Waals surface area contributed by atoms with Crippen molar-refractivity contribution >= 4 is 17.7 Å². The van der Waals surface area contributed by atoms with Crippen molar-refractivity contribution in [1.29, 1.82) is 0 Å². The maximum atomic E-state index is 13.9. The van der Waals surface area contributed by atoms with Crippen molar-refractivity contribution in [1.82, 2.24) is 0 Å². The zero-order valence-corrected chi connectivity index (χ0v) is 23.4.